The highest BCUT2D eigenvalue weighted by molar-refractivity contribution is 6.11. The van der Waals surface area contributed by atoms with Crippen LogP contribution in [0.5, 0.6) is 0 Å². The topological polar surface area (TPSA) is 104 Å². The third-order valence-corrected chi connectivity index (χ3v) is 5.68. The lowest BCUT2D eigenvalue weighted by atomic mass is 9.68. The number of carbonyl (C=O) groups excluding carboxylic acids is 1. The standard InChI is InChI=1S/C22H25N5O2/c1-22(2)9-15-20(18(28)10-22)19(14(11-24)16(26-15)12-29-8-6-23)21-17-5-3-4-7-27(17)13-25-21/h3-5,7,13,17,19H,6,8-10,12,23H2,1-2H3/p+1. The second-order valence-corrected chi connectivity index (χ2v) is 8.52. The molecule has 7 nitrogen and oxygen atoms in total. The van der Waals surface area contributed by atoms with E-state index >= 15 is 0 Å². The van der Waals surface area contributed by atoms with E-state index in [1.807, 2.05) is 29.0 Å². The predicted molar refractivity (Wildman–Crippen MR) is 110 cm³/mol. The first-order valence-corrected chi connectivity index (χ1v) is 9.93. The zero-order valence-electron chi connectivity index (χ0n) is 16.8. The largest absolute Gasteiger partial charge is 0.374 e. The molecule has 150 valence electrons. The monoisotopic (exact) mass is 392 g/mol. The molecule has 29 heavy (non-hydrogen) atoms. The van der Waals surface area contributed by atoms with Crippen LogP contribution in [0.3, 0.4) is 0 Å². The molecule has 2 atom stereocenters. The number of dihydropyridines is 1. The summed E-state index contributed by atoms with van der Waals surface area (Å²) in [7, 11) is 0. The molecule has 2 unspecified atom stereocenters. The number of ether oxygens (including phenoxy) is 1. The van der Waals surface area contributed by atoms with Gasteiger partial charge >= 0.3 is 0 Å². The van der Waals surface area contributed by atoms with E-state index in [4.69, 9.17) is 10.5 Å². The summed E-state index contributed by atoms with van der Waals surface area (Å²) in [6.07, 6.45) is 10.9. The molecule has 0 aromatic rings. The number of hydrogen-bond acceptors (Lipinski definition) is 6. The van der Waals surface area contributed by atoms with E-state index in [9.17, 15) is 10.1 Å². The number of fused-ring (bicyclic) bond motifs is 1. The van der Waals surface area contributed by atoms with Crippen molar-refractivity contribution in [3.8, 4) is 6.07 Å². The van der Waals surface area contributed by atoms with Gasteiger partial charge in [0.25, 0.3) is 6.34 Å². The summed E-state index contributed by atoms with van der Waals surface area (Å²) in [5, 5.41) is 13.4. The fraction of sp³-hybridized carbons (Fsp3) is 0.455. The first-order chi connectivity index (χ1) is 13.9. The van der Waals surface area contributed by atoms with E-state index in [1.165, 1.54) is 0 Å². The molecule has 0 aromatic heterocycles. The summed E-state index contributed by atoms with van der Waals surface area (Å²) in [6.45, 7) is 5.26. The van der Waals surface area contributed by atoms with Gasteiger partial charge in [-0.1, -0.05) is 24.9 Å². The molecule has 0 bridgehead atoms. The van der Waals surface area contributed by atoms with Gasteiger partial charge in [-0.3, -0.25) is 4.79 Å². The Kier molecular flexibility index (Phi) is 5.07. The number of allylic oxidation sites excluding steroid dienone is 5. The number of nitrogens with one attached hydrogen (secondary N) is 1. The second-order valence-electron chi connectivity index (χ2n) is 8.52. The van der Waals surface area contributed by atoms with Crippen LogP contribution >= 0.6 is 0 Å². The molecule has 0 amide bonds. The number of ketones is 1. The summed E-state index contributed by atoms with van der Waals surface area (Å²) in [5.74, 6) is -0.376. The van der Waals surface area contributed by atoms with Crippen molar-refractivity contribution in [2.24, 2.45) is 22.1 Å². The minimum Gasteiger partial charge on any atom is -0.374 e. The molecular formula is C22H26N5O2+. The minimum absolute atomic E-state index is 0.0832. The summed E-state index contributed by atoms with van der Waals surface area (Å²) in [6, 6.07) is 2.25. The Morgan fingerprint density at radius 2 is 2.24 bits per heavy atom. The predicted octanol–water partition coefficient (Wildman–Crippen LogP) is 1.55. The molecule has 1 aliphatic carbocycles. The Balaban J connectivity index is 1.79. The van der Waals surface area contributed by atoms with Crippen molar-refractivity contribution < 1.29 is 14.1 Å². The second kappa shape index (κ2) is 7.54. The van der Waals surface area contributed by atoms with E-state index < -0.39 is 5.92 Å². The van der Waals surface area contributed by atoms with E-state index in [0.717, 1.165) is 17.8 Å². The molecule has 3 heterocycles. The van der Waals surface area contributed by atoms with Crippen LogP contribution in [0.1, 0.15) is 26.7 Å². The van der Waals surface area contributed by atoms with Crippen molar-refractivity contribution in [2.75, 3.05) is 19.8 Å². The average molecular weight is 392 g/mol. The molecule has 4 rings (SSSR count). The Labute approximate surface area is 170 Å². The quantitative estimate of drug-likeness (QED) is 0.546. The summed E-state index contributed by atoms with van der Waals surface area (Å²) in [5.41, 5.74) is 8.99. The van der Waals surface area contributed by atoms with Gasteiger partial charge in [-0.15, -0.1) is 0 Å². The Bertz CT molecular complexity index is 972. The highest BCUT2D eigenvalue weighted by Gasteiger charge is 2.48. The number of nitrogens with zero attached hydrogens (tertiary/aromatic N) is 3. The van der Waals surface area contributed by atoms with E-state index in [1.54, 1.807) is 6.34 Å². The third kappa shape index (κ3) is 3.50. The van der Waals surface area contributed by atoms with Gasteiger partial charge < -0.3 is 15.8 Å². The highest BCUT2D eigenvalue weighted by Crippen LogP contribution is 2.44. The molecule has 0 saturated carbocycles. The Hall–Kier alpha value is -2.82. The fourth-order valence-corrected chi connectivity index (χ4v) is 4.48. The molecule has 0 saturated heterocycles. The summed E-state index contributed by atoms with van der Waals surface area (Å²) >= 11 is 0. The highest BCUT2D eigenvalue weighted by atomic mass is 16.5. The van der Waals surface area contributed by atoms with Crippen LogP contribution in [0.15, 0.2) is 52.0 Å². The number of nitriles is 1. The summed E-state index contributed by atoms with van der Waals surface area (Å²) < 4.78 is 7.64. The first-order valence-electron chi connectivity index (χ1n) is 9.93. The van der Waals surface area contributed by atoms with Crippen LogP contribution < -0.4 is 11.1 Å². The summed E-state index contributed by atoms with van der Waals surface area (Å²) in [4.78, 5) is 17.9. The lowest BCUT2D eigenvalue weighted by molar-refractivity contribution is -0.461. The molecule has 0 radical (unpaired) electrons. The van der Waals surface area contributed by atoms with Gasteiger partial charge in [0, 0.05) is 24.2 Å². The number of hydrogen-bond donors (Lipinski definition) is 2. The zero-order valence-corrected chi connectivity index (χ0v) is 16.8. The van der Waals surface area contributed by atoms with E-state index in [-0.39, 0.29) is 23.8 Å². The molecule has 3 aliphatic heterocycles. The van der Waals surface area contributed by atoms with Crippen molar-refractivity contribution in [3.63, 3.8) is 0 Å². The van der Waals surface area contributed by atoms with Gasteiger partial charge in [0.2, 0.25) is 0 Å². The average Bonchev–Trinajstić information content (AvgIpc) is 3.10. The van der Waals surface area contributed by atoms with Crippen molar-refractivity contribution in [3.05, 3.63) is 47.0 Å². The SMILES string of the molecule is CC1(C)CC(=O)C2=C(C1)NC(COCCN)=C(C#N)C2C1=NC=[N+]2C=CC=CC12. The van der Waals surface area contributed by atoms with Gasteiger partial charge in [0.15, 0.2) is 17.5 Å². The lowest BCUT2D eigenvalue weighted by Crippen LogP contribution is -2.44. The first kappa shape index (κ1) is 19.5. The maximum absolute atomic E-state index is 13.2. The van der Waals surface area contributed by atoms with Crippen LogP contribution in [0.25, 0.3) is 0 Å². The van der Waals surface area contributed by atoms with Crippen molar-refractivity contribution in [2.45, 2.75) is 32.7 Å². The molecule has 0 fully saturated rings. The number of rotatable bonds is 5. The molecular weight excluding hydrogens is 366 g/mol. The lowest BCUT2D eigenvalue weighted by Gasteiger charge is -2.38. The van der Waals surface area contributed by atoms with E-state index in [2.05, 4.69) is 30.2 Å². The maximum atomic E-state index is 13.2. The van der Waals surface area contributed by atoms with Gasteiger partial charge in [0.05, 0.1) is 42.7 Å². The van der Waals surface area contributed by atoms with Gasteiger partial charge in [0.1, 0.15) is 0 Å². The maximum Gasteiger partial charge on any atom is 0.287 e. The van der Waals surface area contributed by atoms with Crippen LogP contribution in [-0.4, -0.2) is 48.2 Å². The molecule has 3 N–H and O–H groups in total. The molecule has 0 aromatic carbocycles. The van der Waals surface area contributed by atoms with Gasteiger partial charge in [-0.25, -0.2) is 4.58 Å². The van der Waals surface area contributed by atoms with Crippen LogP contribution in [0, 0.1) is 22.7 Å². The molecule has 7 heteroatoms. The Morgan fingerprint density at radius 3 is 3.00 bits per heavy atom. The van der Waals surface area contributed by atoms with Crippen LogP contribution in [0.2, 0.25) is 0 Å². The van der Waals surface area contributed by atoms with Crippen molar-refractivity contribution in [1.29, 1.82) is 5.26 Å². The van der Waals surface area contributed by atoms with Crippen LogP contribution in [-0.2, 0) is 9.53 Å². The van der Waals surface area contributed by atoms with Crippen molar-refractivity contribution >= 4 is 17.8 Å². The van der Waals surface area contributed by atoms with Crippen molar-refractivity contribution in [1.82, 2.24) is 5.32 Å². The smallest absolute Gasteiger partial charge is 0.287 e. The minimum atomic E-state index is -0.460. The normalized spacial score (nSPS) is 27.2. The molecule has 4 aliphatic rings. The number of aliphatic imine (C=N–C) groups is 1. The number of Topliss-reactive ketones (excluding diaryl/α,β-unsaturated/α-hetero) is 1. The van der Waals surface area contributed by atoms with Gasteiger partial charge in [-0.05, 0) is 24.0 Å². The van der Waals surface area contributed by atoms with Gasteiger partial charge in [-0.2, -0.15) is 5.26 Å². The number of nitrogens with two attached hydrogens (primary N) is 1. The van der Waals surface area contributed by atoms with E-state index in [0.29, 0.717) is 36.4 Å². The third-order valence-electron chi connectivity index (χ3n) is 5.68. The Morgan fingerprint density at radius 1 is 1.41 bits per heavy atom. The number of carbonyl (C=O) groups is 1. The zero-order chi connectivity index (χ0) is 20.6. The van der Waals surface area contributed by atoms with Crippen LogP contribution in [0.4, 0.5) is 0 Å². The fourth-order valence-electron chi connectivity index (χ4n) is 4.48. The molecule has 0 spiro atoms.